The number of methoxy groups -OCH3 is 1. The van der Waals surface area contributed by atoms with Crippen molar-refractivity contribution in [1.82, 2.24) is 4.98 Å². The molecule has 0 aliphatic rings. The summed E-state index contributed by atoms with van der Waals surface area (Å²) >= 11 is 1.44. The molecule has 3 nitrogen and oxygen atoms in total. The summed E-state index contributed by atoms with van der Waals surface area (Å²) in [7, 11) is 1.39. The Balaban J connectivity index is 2.51. The maximum atomic E-state index is 11.1. The minimum absolute atomic E-state index is 0.271. The topological polar surface area (TPSA) is 42.1 Å². The molecule has 0 spiro atoms. The number of H-pyrrole nitrogens is 1. The number of hydrogen-bond acceptors (Lipinski definition) is 3. The molecule has 0 atom stereocenters. The van der Waals surface area contributed by atoms with E-state index in [0.29, 0.717) is 4.88 Å². The molecule has 0 radical (unpaired) electrons. The van der Waals surface area contributed by atoms with Gasteiger partial charge in [0.1, 0.15) is 4.88 Å². The van der Waals surface area contributed by atoms with Crippen LogP contribution in [0.15, 0.2) is 12.1 Å². The summed E-state index contributed by atoms with van der Waals surface area (Å²) < 4.78 is 5.72. The Labute approximate surface area is 79.3 Å². The molecule has 0 saturated carbocycles. The number of thiophene rings is 1. The fourth-order valence-electron chi connectivity index (χ4n) is 1.26. The molecular weight excluding hydrogens is 186 g/mol. The molecule has 0 amide bonds. The average molecular weight is 195 g/mol. The number of carbonyl (C=O) groups excluding carboxylic acids is 1. The molecule has 0 aliphatic heterocycles. The van der Waals surface area contributed by atoms with Crippen LogP contribution in [0.3, 0.4) is 0 Å². The number of esters is 1. The van der Waals surface area contributed by atoms with Crippen molar-refractivity contribution < 1.29 is 9.53 Å². The van der Waals surface area contributed by atoms with E-state index in [-0.39, 0.29) is 5.97 Å². The second-order valence-corrected chi connectivity index (χ2v) is 3.92. The van der Waals surface area contributed by atoms with Gasteiger partial charge in [0.15, 0.2) is 0 Å². The molecule has 2 aromatic rings. The smallest absolute Gasteiger partial charge is 0.348 e. The number of nitrogens with one attached hydrogen (secondary N) is 1. The van der Waals surface area contributed by atoms with Crippen molar-refractivity contribution in [2.24, 2.45) is 0 Å². The average Bonchev–Trinajstić information content (AvgIpc) is 2.59. The highest BCUT2D eigenvalue weighted by Gasteiger charge is 2.10. The van der Waals surface area contributed by atoms with Crippen LogP contribution in [0.1, 0.15) is 15.4 Å². The maximum absolute atomic E-state index is 11.1. The molecular formula is C9H9NO2S. The summed E-state index contributed by atoms with van der Waals surface area (Å²) in [6.45, 7) is 1.99. The zero-order valence-electron chi connectivity index (χ0n) is 7.38. The number of ether oxygens (including phenoxy) is 1. The molecule has 68 valence electrons. The number of rotatable bonds is 1. The first kappa shape index (κ1) is 8.31. The van der Waals surface area contributed by atoms with Crippen molar-refractivity contribution in [2.75, 3.05) is 7.11 Å². The lowest BCUT2D eigenvalue weighted by Crippen LogP contribution is -1.96. The Bertz CT molecular complexity index is 424. The van der Waals surface area contributed by atoms with E-state index < -0.39 is 0 Å². The first-order valence-electron chi connectivity index (χ1n) is 3.88. The van der Waals surface area contributed by atoms with Crippen LogP contribution >= 0.6 is 11.3 Å². The zero-order chi connectivity index (χ0) is 9.42. The molecule has 2 aromatic heterocycles. The van der Waals surface area contributed by atoms with Crippen molar-refractivity contribution in [3.63, 3.8) is 0 Å². The number of aryl methyl sites for hydroxylation is 1. The number of carbonyl (C=O) groups is 1. The van der Waals surface area contributed by atoms with Gasteiger partial charge in [0.2, 0.25) is 0 Å². The predicted octanol–water partition coefficient (Wildman–Crippen LogP) is 2.32. The molecule has 0 unspecified atom stereocenters. The number of hydrogen-bond donors (Lipinski definition) is 1. The van der Waals surface area contributed by atoms with Crippen molar-refractivity contribution in [3.05, 3.63) is 22.7 Å². The molecule has 0 saturated heterocycles. The van der Waals surface area contributed by atoms with Crippen molar-refractivity contribution in [1.29, 1.82) is 0 Å². The van der Waals surface area contributed by atoms with E-state index in [1.807, 2.05) is 19.1 Å². The summed E-state index contributed by atoms with van der Waals surface area (Å²) in [5.41, 5.74) is 2.11. The highest BCUT2D eigenvalue weighted by Crippen LogP contribution is 2.26. The van der Waals surface area contributed by atoms with Gasteiger partial charge in [-0.15, -0.1) is 11.3 Å². The van der Waals surface area contributed by atoms with Gasteiger partial charge in [-0.25, -0.2) is 4.79 Å². The number of aromatic nitrogens is 1. The van der Waals surface area contributed by atoms with Gasteiger partial charge >= 0.3 is 5.97 Å². The van der Waals surface area contributed by atoms with E-state index in [9.17, 15) is 4.79 Å². The fraction of sp³-hybridized carbons (Fsp3) is 0.222. The van der Waals surface area contributed by atoms with E-state index in [4.69, 9.17) is 0 Å². The van der Waals surface area contributed by atoms with Crippen molar-refractivity contribution in [2.45, 2.75) is 6.92 Å². The van der Waals surface area contributed by atoms with Crippen LogP contribution in [0.4, 0.5) is 0 Å². The molecule has 0 aromatic carbocycles. The Morgan fingerprint density at radius 1 is 1.54 bits per heavy atom. The molecule has 13 heavy (non-hydrogen) atoms. The summed E-state index contributed by atoms with van der Waals surface area (Å²) in [5.74, 6) is -0.271. The molecule has 2 rings (SSSR count). The minimum atomic E-state index is -0.271. The third-order valence-corrected chi connectivity index (χ3v) is 2.89. The van der Waals surface area contributed by atoms with Gasteiger partial charge < -0.3 is 9.72 Å². The maximum Gasteiger partial charge on any atom is 0.348 e. The fourth-order valence-corrected chi connectivity index (χ4v) is 2.29. The largest absolute Gasteiger partial charge is 0.465 e. The summed E-state index contributed by atoms with van der Waals surface area (Å²) in [5, 5.41) is 0. The normalized spacial score (nSPS) is 10.6. The van der Waals surface area contributed by atoms with E-state index in [2.05, 4.69) is 9.72 Å². The minimum Gasteiger partial charge on any atom is -0.465 e. The molecule has 2 heterocycles. The van der Waals surface area contributed by atoms with Crippen LogP contribution in [-0.2, 0) is 4.74 Å². The Hall–Kier alpha value is -1.29. The van der Waals surface area contributed by atoms with Gasteiger partial charge in [-0.05, 0) is 19.1 Å². The van der Waals surface area contributed by atoms with Gasteiger partial charge in [0.05, 0.1) is 17.3 Å². The molecule has 0 fully saturated rings. The second-order valence-electron chi connectivity index (χ2n) is 2.83. The van der Waals surface area contributed by atoms with E-state index in [0.717, 1.165) is 15.9 Å². The first-order valence-corrected chi connectivity index (χ1v) is 4.70. The molecule has 4 heteroatoms. The van der Waals surface area contributed by atoms with Crippen LogP contribution in [0, 0.1) is 6.92 Å². The van der Waals surface area contributed by atoms with Crippen LogP contribution in [0.2, 0.25) is 0 Å². The van der Waals surface area contributed by atoms with Crippen molar-refractivity contribution in [3.8, 4) is 0 Å². The highest BCUT2D eigenvalue weighted by molar-refractivity contribution is 7.20. The quantitative estimate of drug-likeness (QED) is 0.709. The molecule has 1 N–H and O–H groups in total. The van der Waals surface area contributed by atoms with Gasteiger partial charge in [-0.1, -0.05) is 0 Å². The monoisotopic (exact) mass is 195 g/mol. The van der Waals surface area contributed by atoms with Gasteiger partial charge in [0, 0.05) is 5.69 Å². The SMILES string of the molecule is COC(=O)c1cc2[nH]c(C)cc2s1. The predicted molar refractivity (Wildman–Crippen MR) is 52.3 cm³/mol. The van der Waals surface area contributed by atoms with Crippen LogP contribution in [-0.4, -0.2) is 18.1 Å². The van der Waals surface area contributed by atoms with Crippen LogP contribution in [0.5, 0.6) is 0 Å². The number of aromatic amines is 1. The number of fused-ring (bicyclic) bond motifs is 1. The Morgan fingerprint density at radius 2 is 2.31 bits per heavy atom. The Morgan fingerprint density at radius 3 is 2.92 bits per heavy atom. The second kappa shape index (κ2) is 2.88. The van der Waals surface area contributed by atoms with E-state index >= 15 is 0 Å². The lowest BCUT2D eigenvalue weighted by Gasteiger charge is -1.91. The highest BCUT2D eigenvalue weighted by atomic mass is 32.1. The van der Waals surface area contributed by atoms with Crippen LogP contribution < -0.4 is 0 Å². The summed E-state index contributed by atoms with van der Waals surface area (Å²) in [6, 6.07) is 3.84. The summed E-state index contributed by atoms with van der Waals surface area (Å²) in [6.07, 6.45) is 0. The standard InChI is InChI=1S/C9H9NO2S/c1-5-3-7-6(10-5)4-8(13-7)9(11)12-2/h3-4,10H,1-2H3. The van der Waals surface area contributed by atoms with E-state index in [1.165, 1.54) is 18.4 Å². The lowest BCUT2D eigenvalue weighted by atomic mass is 10.4. The first-order chi connectivity index (χ1) is 6.20. The van der Waals surface area contributed by atoms with E-state index in [1.54, 1.807) is 0 Å². The molecule has 0 bridgehead atoms. The molecule has 0 aliphatic carbocycles. The summed E-state index contributed by atoms with van der Waals surface area (Å²) in [4.78, 5) is 14.9. The third-order valence-electron chi connectivity index (χ3n) is 1.83. The third kappa shape index (κ3) is 1.33. The van der Waals surface area contributed by atoms with Crippen LogP contribution in [0.25, 0.3) is 10.2 Å². The van der Waals surface area contributed by atoms with Gasteiger partial charge in [-0.3, -0.25) is 0 Å². The van der Waals surface area contributed by atoms with Crippen molar-refractivity contribution >= 4 is 27.5 Å². The Kier molecular flexibility index (Phi) is 1.84. The van der Waals surface area contributed by atoms with Gasteiger partial charge in [-0.2, -0.15) is 0 Å². The lowest BCUT2D eigenvalue weighted by molar-refractivity contribution is 0.0606. The van der Waals surface area contributed by atoms with Gasteiger partial charge in [0.25, 0.3) is 0 Å². The zero-order valence-corrected chi connectivity index (χ0v) is 8.20.